The summed E-state index contributed by atoms with van der Waals surface area (Å²) in [7, 11) is 1.40. The van der Waals surface area contributed by atoms with Gasteiger partial charge < -0.3 is 10.4 Å². The van der Waals surface area contributed by atoms with Crippen LogP contribution in [0.15, 0.2) is 18.2 Å². The zero-order chi connectivity index (χ0) is 14.4. The van der Waals surface area contributed by atoms with Crippen LogP contribution in [0.1, 0.15) is 34.6 Å². The summed E-state index contributed by atoms with van der Waals surface area (Å²) in [5.74, 6) is -1.35. The van der Waals surface area contributed by atoms with Gasteiger partial charge in [-0.1, -0.05) is 0 Å². The number of hydrogen-bond donors (Lipinski definition) is 2. The molecule has 3 amide bonds. The lowest BCUT2D eigenvalue weighted by Gasteiger charge is -2.16. The Balaban J connectivity index is 2.32. The molecular formula is C13H14N2O4. The molecule has 100 valence electrons. The SMILES string of the molecule is CN1C(=O)c2ccc(NC(=O)C(C)(C)O)cc2C1=O. The maximum absolute atomic E-state index is 11.8. The quantitative estimate of drug-likeness (QED) is 0.765. The number of aliphatic hydroxyl groups is 1. The fourth-order valence-electron chi connectivity index (χ4n) is 1.72. The van der Waals surface area contributed by atoms with E-state index >= 15 is 0 Å². The minimum atomic E-state index is -1.52. The Hall–Kier alpha value is -2.21. The van der Waals surface area contributed by atoms with Gasteiger partial charge in [-0.3, -0.25) is 19.3 Å². The third-order valence-corrected chi connectivity index (χ3v) is 2.90. The number of benzene rings is 1. The fourth-order valence-corrected chi connectivity index (χ4v) is 1.72. The highest BCUT2D eigenvalue weighted by atomic mass is 16.3. The number of nitrogens with one attached hydrogen (secondary N) is 1. The zero-order valence-electron chi connectivity index (χ0n) is 10.9. The highest BCUT2D eigenvalue weighted by Crippen LogP contribution is 2.25. The molecule has 0 unspecified atom stereocenters. The van der Waals surface area contributed by atoms with E-state index in [9.17, 15) is 19.5 Å². The number of nitrogens with zero attached hydrogens (tertiary/aromatic N) is 1. The van der Waals surface area contributed by atoms with Crippen molar-refractivity contribution >= 4 is 23.4 Å². The molecule has 0 atom stereocenters. The normalized spacial score (nSPS) is 14.6. The Bertz CT molecular complexity index is 587. The minimum Gasteiger partial charge on any atom is -0.381 e. The number of amides is 3. The van der Waals surface area contributed by atoms with Gasteiger partial charge in [0.05, 0.1) is 11.1 Å². The lowest BCUT2D eigenvalue weighted by atomic mass is 10.1. The molecule has 1 aliphatic heterocycles. The summed E-state index contributed by atoms with van der Waals surface area (Å²) >= 11 is 0. The van der Waals surface area contributed by atoms with Crippen molar-refractivity contribution < 1.29 is 19.5 Å². The van der Waals surface area contributed by atoms with Crippen molar-refractivity contribution in [1.82, 2.24) is 4.90 Å². The molecule has 6 nitrogen and oxygen atoms in total. The molecule has 1 aliphatic rings. The lowest BCUT2D eigenvalue weighted by Crippen LogP contribution is -2.36. The second kappa shape index (κ2) is 4.17. The number of imide groups is 1. The number of carbonyl (C=O) groups excluding carboxylic acids is 3. The Morgan fingerprint density at radius 2 is 1.79 bits per heavy atom. The van der Waals surface area contributed by atoms with E-state index in [1.54, 1.807) is 0 Å². The first-order chi connectivity index (χ1) is 8.71. The van der Waals surface area contributed by atoms with E-state index in [-0.39, 0.29) is 11.5 Å². The van der Waals surface area contributed by atoms with Crippen molar-refractivity contribution in [1.29, 1.82) is 0 Å². The van der Waals surface area contributed by atoms with E-state index < -0.39 is 17.4 Å². The van der Waals surface area contributed by atoms with Gasteiger partial charge in [0, 0.05) is 12.7 Å². The standard InChI is InChI=1S/C13H14N2O4/c1-13(2,19)12(18)14-7-4-5-8-9(6-7)11(17)15(3)10(8)16/h4-6,19H,1-3H3,(H,14,18). The summed E-state index contributed by atoms with van der Waals surface area (Å²) in [4.78, 5) is 36.1. The summed E-state index contributed by atoms with van der Waals surface area (Å²) in [6.07, 6.45) is 0. The molecule has 0 aromatic heterocycles. The summed E-state index contributed by atoms with van der Waals surface area (Å²) in [6, 6.07) is 4.44. The molecule has 6 heteroatoms. The second-order valence-corrected chi connectivity index (χ2v) is 4.94. The van der Waals surface area contributed by atoms with E-state index in [2.05, 4.69) is 5.32 Å². The maximum atomic E-state index is 11.8. The maximum Gasteiger partial charge on any atom is 0.261 e. The summed E-state index contributed by atoms with van der Waals surface area (Å²) < 4.78 is 0. The van der Waals surface area contributed by atoms with E-state index in [1.165, 1.54) is 39.1 Å². The largest absolute Gasteiger partial charge is 0.381 e. The van der Waals surface area contributed by atoms with Crippen LogP contribution in [0.3, 0.4) is 0 Å². The second-order valence-electron chi connectivity index (χ2n) is 4.94. The molecule has 19 heavy (non-hydrogen) atoms. The van der Waals surface area contributed by atoms with Crippen LogP contribution in [0.5, 0.6) is 0 Å². The lowest BCUT2D eigenvalue weighted by molar-refractivity contribution is -0.130. The van der Waals surface area contributed by atoms with E-state index in [1.807, 2.05) is 0 Å². The molecule has 1 aromatic carbocycles. The number of anilines is 1. The Morgan fingerprint density at radius 1 is 1.21 bits per heavy atom. The molecule has 0 radical (unpaired) electrons. The molecule has 0 spiro atoms. The van der Waals surface area contributed by atoms with Crippen LogP contribution in [0.2, 0.25) is 0 Å². The number of hydrogen-bond acceptors (Lipinski definition) is 4. The summed E-state index contributed by atoms with van der Waals surface area (Å²) in [6.45, 7) is 2.72. The van der Waals surface area contributed by atoms with Crippen LogP contribution >= 0.6 is 0 Å². The van der Waals surface area contributed by atoms with Gasteiger partial charge in [-0.2, -0.15) is 0 Å². The van der Waals surface area contributed by atoms with Gasteiger partial charge in [0.15, 0.2) is 0 Å². The van der Waals surface area contributed by atoms with Gasteiger partial charge in [-0.05, 0) is 32.0 Å². The van der Waals surface area contributed by atoms with Crippen LogP contribution < -0.4 is 5.32 Å². The van der Waals surface area contributed by atoms with E-state index in [0.717, 1.165) is 4.90 Å². The molecule has 0 saturated heterocycles. The molecule has 2 rings (SSSR count). The molecule has 0 aliphatic carbocycles. The van der Waals surface area contributed by atoms with Gasteiger partial charge in [0.1, 0.15) is 5.60 Å². The summed E-state index contributed by atoms with van der Waals surface area (Å²) in [5, 5.41) is 12.0. The smallest absolute Gasteiger partial charge is 0.261 e. The molecule has 1 aromatic rings. The first kappa shape index (κ1) is 13.2. The van der Waals surface area contributed by atoms with Crippen molar-refractivity contribution in [3.63, 3.8) is 0 Å². The molecule has 1 heterocycles. The molecule has 0 bridgehead atoms. The number of carbonyl (C=O) groups is 3. The Kier molecular flexibility index (Phi) is 2.90. The highest BCUT2D eigenvalue weighted by Gasteiger charge is 2.33. The molecule has 2 N–H and O–H groups in total. The molecule has 0 fully saturated rings. The van der Waals surface area contributed by atoms with E-state index in [0.29, 0.717) is 11.3 Å². The van der Waals surface area contributed by atoms with Gasteiger partial charge >= 0.3 is 0 Å². The first-order valence-electron chi connectivity index (χ1n) is 5.72. The molecule has 0 saturated carbocycles. The van der Waals surface area contributed by atoms with Gasteiger partial charge in [0.25, 0.3) is 17.7 Å². The topological polar surface area (TPSA) is 86.7 Å². The van der Waals surface area contributed by atoms with Gasteiger partial charge in [0.2, 0.25) is 0 Å². The number of fused-ring (bicyclic) bond motifs is 1. The average Bonchev–Trinajstić information content (AvgIpc) is 2.53. The van der Waals surface area contributed by atoms with Crippen molar-refractivity contribution in [3.05, 3.63) is 29.3 Å². The van der Waals surface area contributed by atoms with E-state index in [4.69, 9.17) is 0 Å². The molecular weight excluding hydrogens is 248 g/mol. The van der Waals surface area contributed by atoms with Crippen LogP contribution in [0.25, 0.3) is 0 Å². The first-order valence-corrected chi connectivity index (χ1v) is 5.72. The van der Waals surface area contributed by atoms with Gasteiger partial charge in [-0.15, -0.1) is 0 Å². The third kappa shape index (κ3) is 2.22. The van der Waals surface area contributed by atoms with Crippen LogP contribution in [-0.2, 0) is 4.79 Å². The minimum absolute atomic E-state index is 0.251. The third-order valence-electron chi connectivity index (χ3n) is 2.90. The van der Waals surface area contributed by atoms with Crippen LogP contribution in [-0.4, -0.2) is 40.4 Å². The monoisotopic (exact) mass is 262 g/mol. The van der Waals surface area contributed by atoms with Gasteiger partial charge in [-0.25, -0.2) is 0 Å². The fraction of sp³-hybridized carbons (Fsp3) is 0.308. The Morgan fingerprint density at radius 3 is 2.37 bits per heavy atom. The predicted molar refractivity (Wildman–Crippen MR) is 67.8 cm³/mol. The predicted octanol–water partition coefficient (Wildman–Crippen LogP) is 0.622. The highest BCUT2D eigenvalue weighted by molar-refractivity contribution is 6.21. The average molecular weight is 262 g/mol. The van der Waals surface area contributed by atoms with Crippen LogP contribution in [0.4, 0.5) is 5.69 Å². The summed E-state index contributed by atoms with van der Waals surface area (Å²) in [5.41, 5.74) is -0.590. The van der Waals surface area contributed by atoms with Crippen molar-refractivity contribution in [3.8, 4) is 0 Å². The zero-order valence-corrected chi connectivity index (χ0v) is 10.9. The van der Waals surface area contributed by atoms with Crippen molar-refractivity contribution in [2.24, 2.45) is 0 Å². The van der Waals surface area contributed by atoms with Crippen molar-refractivity contribution in [2.45, 2.75) is 19.4 Å². The Labute approximate surface area is 110 Å². The number of rotatable bonds is 2. The van der Waals surface area contributed by atoms with Crippen molar-refractivity contribution in [2.75, 3.05) is 12.4 Å². The van der Waals surface area contributed by atoms with Crippen LogP contribution in [0, 0.1) is 0 Å².